The van der Waals surface area contributed by atoms with Crippen LogP contribution in [0.5, 0.6) is 0 Å². The molecule has 0 aliphatic heterocycles. The molecule has 0 radical (unpaired) electrons. The Kier molecular flexibility index (Phi) is 3.86. The number of nitrogens with zero attached hydrogens (tertiary/aromatic N) is 2. The number of pyridine rings is 1. The maximum absolute atomic E-state index is 9.23. The quantitative estimate of drug-likeness (QED) is 0.882. The van der Waals surface area contributed by atoms with Crippen LogP contribution in [0, 0.1) is 17.2 Å². The van der Waals surface area contributed by atoms with E-state index in [1.807, 2.05) is 6.07 Å². The number of nitriles is 1. The highest BCUT2D eigenvalue weighted by molar-refractivity contribution is 5.55. The van der Waals surface area contributed by atoms with E-state index in [1.165, 1.54) is 11.3 Å². The van der Waals surface area contributed by atoms with Crippen molar-refractivity contribution < 1.29 is 0 Å². The second-order valence-electron chi connectivity index (χ2n) is 5.27. The maximum atomic E-state index is 9.23. The molecule has 1 heterocycles. The summed E-state index contributed by atoms with van der Waals surface area (Å²) in [5.74, 6) is 1.34. The third-order valence-electron chi connectivity index (χ3n) is 4.03. The van der Waals surface area contributed by atoms with Gasteiger partial charge in [0.1, 0.15) is 11.9 Å². The molecule has 2 atom stereocenters. The highest BCUT2D eigenvalue weighted by Gasteiger charge is 2.18. The Morgan fingerprint density at radius 1 is 1.44 bits per heavy atom. The van der Waals surface area contributed by atoms with E-state index < -0.39 is 0 Å². The Hall–Kier alpha value is -1.56. The number of rotatable bonds is 4. The second kappa shape index (κ2) is 5.39. The normalized spacial score (nSPS) is 16.8. The van der Waals surface area contributed by atoms with Gasteiger partial charge < -0.3 is 5.32 Å². The Labute approximate surface area is 109 Å². The zero-order valence-corrected chi connectivity index (χ0v) is 11.5. The first-order valence-corrected chi connectivity index (χ1v) is 6.85. The summed E-state index contributed by atoms with van der Waals surface area (Å²) in [7, 11) is 0. The minimum absolute atomic E-state index is 0.342. The minimum atomic E-state index is 0.342. The molecule has 0 saturated heterocycles. The molecule has 1 N–H and O–H groups in total. The van der Waals surface area contributed by atoms with Crippen molar-refractivity contribution in [1.82, 2.24) is 4.98 Å². The molecule has 2 unspecified atom stereocenters. The van der Waals surface area contributed by atoms with E-state index in [2.05, 4.69) is 37.1 Å². The van der Waals surface area contributed by atoms with Crippen LogP contribution in [0.4, 0.5) is 5.82 Å². The zero-order chi connectivity index (χ0) is 13.1. The third-order valence-corrected chi connectivity index (χ3v) is 4.03. The Morgan fingerprint density at radius 3 is 2.89 bits per heavy atom. The fraction of sp³-hybridized carbons (Fsp3) is 0.600. The lowest BCUT2D eigenvalue weighted by Crippen LogP contribution is -2.24. The fourth-order valence-electron chi connectivity index (χ4n) is 2.38. The fourth-order valence-corrected chi connectivity index (χ4v) is 2.38. The van der Waals surface area contributed by atoms with Gasteiger partial charge >= 0.3 is 0 Å². The standard InChI is InChI=1S/C15H21N3/c1-4-10(2)11(3)17-15-13(9-16)8-12-6-5-7-14(12)18-15/h8,10-11H,4-7H2,1-3H3,(H,17,18). The first-order valence-electron chi connectivity index (χ1n) is 6.85. The van der Waals surface area contributed by atoms with Gasteiger partial charge in [-0.2, -0.15) is 5.26 Å². The molecule has 0 aromatic carbocycles. The van der Waals surface area contributed by atoms with Crippen LogP contribution >= 0.6 is 0 Å². The Balaban J connectivity index is 2.25. The van der Waals surface area contributed by atoms with Crippen LogP contribution in [0.2, 0.25) is 0 Å². The van der Waals surface area contributed by atoms with Crippen molar-refractivity contribution in [3.05, 3.63) is 22.9 Å². The van der Waals surface area contributed by atoms with Gasteiger partial charge in [0.05, 0.1) is 5.56 Å². The summed E-state index contributed by atoms with van der Waals surface area (Å²) in [6.45, 7) is 6.56. The molecular formula is C15H21N3. The summed E-state index contributed by atoms with van der Waals surface area (Å²) in [6.07, 6.45) is 4.41. The van der Waals surface area contributed by atoms with Crippen molar-refractivity contribution in [2.75, 3.05) is 5.32 Å². The van der Waals surface area contributed by atoms with Crippen molar-refractivity contribution in [2.24, 2.45) is 5.92 Å². The molecule has 0 spiro atoms. The van der Waals surface area contributed by atoms with E-state index in [0.29, 0.717) is 17.5 Å². The van der Waals surface area contributed by atoms with Gasteiger partial charge in [-0.05, 0) is 43.7 Å². The van der Waals surface area contributed by atoms with Gasteiger partial charge in [-0.25, -0.2) is 4.98 Å². The van der Waals surface area contributed by atoms with Gasteiger partial charge in [-0.1, -0.05) is 20.3 Å². The lowest BCUT2D eigenvalue weighted by Gasteiger charge is -2.21. The SMILES string of the molecule is CCC(C)C(C)Nc1nc2c(cc1C#N)CCC2. The molecule has 0 saturated carbocycles. The van der Waals surface area contributed by atoms with E-state index in [-0.39, 0.29) is 0 Å². The van der Waals surface area contributed by atoms with E-state index in [9.17, 15) is 5.26 Å². The molecule has 1 aromatic heterocycles. The summed E-state index contributed by atoms with van der Waals surface area (Å²) < 4.78 is 0. The van der Waals surface area contributed by atoms with Crippen LogP contribution in [-0.2, 0) is 12.8 Å². The molecule has 0 amide bonds. The van der Waals surface area contributed by atoms with Crippen molar-refractivity contribution in [1.29, 1.82) is 5.26 Å². The van der Waals surface area contributed by atoms with E-state index >= 15 is 0 Å². The van der Waals surface area contributed by atoms with E-state index in [0.717, 1.165) is 31.5 Å². The predicted molar refractivity (Wildman–Crippen MR) is 73.5 cm³/mol. The van der Waals surface area contributed by atoms with Crippen LogP contribution in [0.1, 0.15) is 50.4 Å². The molecule has 3 heteroatoms. The molecule has 1 aliphatic rings. The molecule has 2 rings (SSSR count). The smallest absolute Gasteiger partial charge is 0.144 e. The zero-order valence-electron chi connectivity index (χ0n) is 11.5. The molecule has 0 bridgehead atoms. The minimum Gasteiger partial charge on any atom is -0.366 e. The number of anilines is 1. The lowest BCUT2D eigenvalue weighted by atomic mass is 10.0. The third kappa shape index (κ3) is 2.48. The highest BCUT2D eigenvalue weighted by atomic mass is 15.0. The summed E-state index contributed by atoms with van der Waals surface area (Å²) in [6, 6.07) is 4.62. The Morgan fingerprint density at radius 2 is 2.22 bits per heavy atom. The average molecular weight is 243 g/mol. The lowest BCUT2D eigenvalue weighted by molar-refractivity contribution is 0.493. The summed E-state index contributed by atoms with van der Waals surface area (Å²) in [5.41, 5.74) is 3.12. The van der Waals surface area contributed by atoms with Gasteiger partial charge in [0.2, 0.25) is 0 Å². The number of hydrogen-bond donors (Lipinski definition) is 1. The highest BCUT2D eigenvalue weighted by Crippen LogP contribution is 2.26. The second-order valence-corrected chi connectivity index (χ2v) is 5.27. The van der Waals surface area contributed by atoms with Crippen LogP contribution in [0.3, 0.4) is 0 Å². The molecule has 1 aliphatic carbocycles. The largest absolute Gasteiger partial charge is 0.366 e. The predicted octanol–water partition coefficient (Wildman–Crippen LogP) is 3.29. The number of fused-ring (bicyclic) bond motifs is 1. The van der Waals surface area contributed by atoms with Crippen LogP contribution in [-0.4, -0.2) is 11.0 Å². The molecule has 0 fully saturated rings. The summed E-state index contributed by atoms with van der Waals surface area (Å²) in [4.78, 5) is 4.65. The molecule has 3 nitrogen and oxygen atoms in total. The summed E-state index contributed by atoms with van der Waals surface area (Å²) >= 11 is 0. The van der Waals surface area contributed by atoms with Gasteiger partial charge in [-0.3, -0.25) is 0 Å². The van der Waals surface area contributed by atoms with Gasteiger partial charge in [0, 0.05) is 11.7 Å². The molecule has 1 aromatic rings. The van der Waals surface area contributed by atoms with Crippen molar-refractivity contribution in [3.63, 3.8) is 0 Å². The maximum Gasteiger partial charge on any atom is 0.144 e. The van der Waals surface area contributed by atoms with E-state index in [1.54, 1.807) is 0 Å². The van der Waals surface area contributed by atoms with Crippen LogP contribution in [0.15, 0.2) is 6.07 Å². The number of nitrogens with one attached hydrogen (secondary N) is 1. The number of aryl methyl sites for hydroxylation is 2. The van der Waals surface area contributed by atoms with E-state index in [4.69, 9.17) is 0 Å². The molecule has 96 valence electrons. The first kappa shape index (κ1) is 12.9. The van der Waals surface area contributed by atoms with Crippen molar-refractivity contribution in [2.45, 2.75) is 52.5 Å². The number of hydrogen-bond acceptors (Lipinski definition) is 3. The Bertz CT molecular complexity index is 473. The van der Waals surface area contributed by atoms with Gasteiger partial charge in [-0.15, -0.1) is 0 Å². The monoisotopic (exact) mass is 243 g/mol. The topological polar surface area (TPSA) is 48.7 Å². The number of aromatic nitrogens is 1. The van der Waals surface area contributed by atoms with Crippen LogP contribution in [0.25, 0.3) is 0 Å². The van der Waals surface area contributed by atoms with Gasteiger partial charge in [0.25, 0.3) is 0 Å². The molecular weight excluding hydrogens is 222 g/mol. The average Bonchev–Trinajstić information content (AvgIpc) is 2.83. The van der Waals surface area contributed by atoms with Crippen molar-refractivity contribution >= 4 is 5.82 Å². The van der Waals surface area contributed by atoms with Crippen molar-refractivity contribution in [3.8, 4) is 6.07 Å². The first-order chi connectivity index (χ1) is 8.65. The molecule has 18 heavy (non-hydrogen) atoms. The van der Waals surface area contributed by atoms with Gasteiger partial charge in [0.15, 0.2) is 0 Å². The summed E-state index contributed by atoms with van der Waals surface area (Å²) in [5, 5.41) is 12.6. The van der Waals surface area contributed by atoms with Crippen LogP contribution < -0.4 is 5.32 Å².